The van der Waals surface area contributed by atoms with Crippen LogP contribution in [-0.2, 0) is 9.53 Å². The Kier molecular flexibility index (Phi) is 7.48. The summed E-state index contributed by atoms with van der Waals surface area (Å²) in [5.41, 5.74) is 2.37. The average molecular weight is 261 g/mol. The summed E-state index contributed by atoms with van der Waals surface area (Å²) in [6.07, 6.45) is 5.58. The van der Waals surface area contributed by atoms with E-state index in [-0.39, 0.29) is 5.97 Å². The van der Waals surface area contributed by atoms with Crippen molar-refractivity contribution in [1.29, 1.82) is 0 Å². The van der Waals surface area contributed by atoms with Crippen LogP contribution in [0.4, 0.5) is 0 Å². The Hall–Kier alpha value is -0.570. The van der Waals surface area contributed by atoms with Crippen LogP contribution in [0.3, 0.4) is 0 Å². The SMILES string of the molecule is COC(=O)/C=C(\C)CC/C=C(\C)CBr. The minimum Gasteiger partial charge on any atom is -0.466 e. The Morgan fingerprint density at radius 3 is 2.50 bits per heavy atom. The van der Waals surface area contributed by atoms with Crippen LogP contribution < -0.4 is 0 Å². The van der Waals surface area contributed by atoms with E-state index in [0.717, 1.165) is 23.7 Å². The van der Waals surface area contributed by atoms with Crippen LogP contribution in [0.1, 0.15) is 26.7 Å². The lowest BCUT2D eigenvalue weighted by molar-refractivity contribution is -0.134. The summed E-state index contributed by atoms with van der Waals surface area (Å²) in [5, 5.41) is 0.909. The molecule has 0 bridgehead atoms. The van der Waals surface area contributed by atoms with Gasteiger partial charge in [0.1, 0.15) is 0 Å². The van der Waals surface area contributed by atoms with Gasteiger partial charge < -0.3 is 4.74 Å². The molecule has 0 unspecified atom stereocenters. The third kappa shape index (κ3) is 6.89. The molecule has 0 aromatic carbocycles. The van der Waals surface area contributed by atoms with Crippen LogP contribution in [0.25, 0.3) is 0 Å². The fraction of sp³-hybridized carbons (Fsp3) is 0.545. The Morgan fingerprint density at radius 2 is 2.00 bits per heavy atom. The number of carbonyl (C=O) groups is 1. The van der Waals surface area contributed by atoms with Gasteiger partial charge in [0.05, 0.1) is 7.11 Å². The van der Waals surface area contributed by atoms with Gasteiger partial charge in [-0.25, -0.2) is 4.79 Å². The molecule has 0 aliphatic rings. The number of methoxy groups -OCH3 is 1. The molecule has 0 rings (SSSR count). The van der Waals surface area contributed by atoms with Crippen molar-refractivity contribution in [2.45, 2.75) is 26.7 Å². The van der Waals surface area contributed by atoms with Crippen LogP contribution >= 0.6 is 15.9 Å². The summed E-state index contributed by atoms with van der Waals surface area (Å²) >= 11 is 3.38. The zero-order valence-corrected chi connectivity index (χ0v) is 10.6. The average Bonchev–Trinajstić information content (AvgIpc) is 2.17. The van der Waals surface area contributed by atoms with Gasteiger partial charge in [-0.3, -0.25) is 0 Å². The summed E-state index contributed by atoms with van der Waals surface area (Å²) < 4.78 is 4.53. The molecule has 0 aromatic heterocycles. The Morgan fingerprint density at radius 1 is 1.36 bits per heavy atom. The molecular weight excluding hydrogens is 244 g/mol. The van der Waals surface area contributed by atoms with Crippen LogP contribution in [0.2, 0.25) is 0 Å². The molecule has 0 saturated heterocycles. The molecule has 0 aliphatic heterocycles. The van der Waals surface area contributed by atoms with Gasteiger partial charge in [0, 0.05) is 11.4 Å². The normalized spacial score (nSPS) is 12.9. The van der Waals surface area contributed by atoms with E-state index in [1.165, 1.54) is 18.8 Å². The first kappa shape index (κ1) is 13.4. The lowest BCUT2D eigenvalue weighted by Crippen LogP contribution is -1.95. The summed E-state index contributed by atoms with van der Waals surface area (Å²) in [5.74, 6) is -0.274. The number of rotatable bonds is 5. The van der Waals surface area contributed by atoms with Gasteiger partial charge in [-0.15, -0.1) is 0 Å². The number of allylic oxidation sites excluding steroid dienone is 3. The molecule has 2 nitrogen and oxygen atoms in total. The zero-order chi connectivity index (χ0) is 11.0. The highest BCUT2D eigenvalue weighted by Crippen LogP contribution is 2.07. The van der Waals surface area contributed by atoms with Crippen molar-refractivity contribution >= 4 is 21.9 Å². The number of hydrogen-bond donors (Lipinski definition) is 0. The maximum atomic E-state index is 10.9. The first-order chi connectivity index (χ1) is 6.60. The molecule has 0 fully saturated rings. The number of ether oxygens (including phenoxy) is 1. The third-order valence-electron chi connectivity index (χ3n) is 1.81. The van der Waals surface area contributed by atoms with Crippen molar-refractivity contribution in [3.63, 3.8) is 0 Å². The van der Waals surface area contributed by atoms with Crippen LogP contribution in [0.15, 0.2) is 23.3 Å². The minimum absolute atomic E-state index is 0.274. The molecule has 80 valence electrons. The molecule has 0 aliphatic carbocycles. The summed E-state index contributed by atoms with van der Waals surface area (Å²) in [7, 11) is 1.39. The lowest BCUT2D eigenvalue weighted by atomic mass is 10.1. The van der Waals surface area contributed by atoms with Gasteiger partial charge in [-0.2, -0.15) is 0 Å². The predicted octanol–water partition coefficient (Wildman–Crippen LogP) is 3.23. The Bertz CT molecular complexity index is 242. The quantitative estimate of drug-likeness (QED) is 0.329. The van der Waals surface area contributed by atoms with E-state index in [1.807, 2.05) is 6.92 Å². The van der Waals surface area contributed by atoms with E-state index >= 15 is 0 Å². The zero-order valence-electron chi connectivity index (χ0n) is 8.97. The molecule has 0 radical (unpaired) electrons. The van der Waals surface area contributed by atoms with Crippen LogP contribution in [-0.4, -0.2) is 18.4 Å². The fourth-order valence-corrected chi connectivity index (χ4v) is 1.16. The maximum Gasteiger partial charge on any atom is 0.330 e. The van der Waals surface area contributed by atoms with E-state index in [0.29, 0.717) is 0 Å². The van der Waals surface area contributed by atoms with Gasteiger partial charge in [0.2, 0.25) is 0 Å². The molecule has 14 heavy (non-hydrogen) atoms. The predicted molar refractivity (Wildman–Crippen MR) is 62.6 cm³/mol. The fourth-order valence-electron chi connectivity index (χ4n) is 0.933. The van der Waals surface area contributed by atoms with E-state index in [4.69, 9.17) is 0 Å². The molecule has 0 saturated carbocycles. The molecular formula is C11H17BrO2. The van der Waals surface area contributed by atoms with Crippen molar-refractivity contribution in [1.82, 2.24) is 0 Å². The second kappa shape index (κ2) is 7.80. The van der Waals surface area contributed by atoms with Gasteiger partial charge >= 0.3 is 5.97 Å². The van der Waals surface area contributed by atoms with Crippen molar-refractivity contribution in [2.24, 2.45) is 0 Å². The summed E-state index contributed by atoms with van der Waals surface area (Å²) in [6, 6.07) is 0. The third-order valence-corrected chi connectivity index (χ3v) is 2.69. The van der Waals surface area contributed by atoms with E-state index in [1.54, 1.807) is 0 Å². The first-order valence-corrected chi connectivity index (χ1v) is 5.69. The van der Waals surface area contributed by atoms with Gasteiger partial charge in [0.25, 0.3) is 0 Å². The highest BCUT2D eigenvalue weighted by atomic mass is 79.9. The van der Waals surface area contributed by atoms with Gasteiger partial charge in [-0.1, -0.05) is 33.2 Å². The molecule has 0 amide bonds. The summed E-state index contributed by atoms with van der Waals surface area (Å²) in [6.45, 7) is 4.02. The molecule has 0 aromatic rings. The van der Waals surface area contributed by atoms with Crippen LogP contribution in [0, 0.1) is 0 Å². The molecule has 0 heterocycles. The summed E-state index contributed by atoms with van der Waals surface area (Å²) in [4.78, 5) is 10.9. The monoisotopic (exact) mass is 260 g/mol. The second-order valence-corrected chi connectivity index (χ2v) is 3.80. The number of carbonyl (C=O) groups excluding carboxylic acids is 1. The molecule has 3 heteroatoms. The molecule has 0 atom stereocenters. The maximum absolute atomic E-state index is 10.9. The molecule has 0 spiro atoms. The molecule has 0 N–H and O–H groups in total. The van der Waals surface area contributed by atoms with Crippen molar-refractivity contribution in [2.75, 3.05) is 12.4 Å². The Balaban J connectivity index is 3.90. The van der Waals surface area contributed by atoms with Crippen LogP contribution in [0.5, 0.6) is 0 Å². The van der Waals surface area contributed by atoms with E-state index in [2.05, 4.69) is 33.7 Å². The number of alkyl halides is 1. The van der Waals surface area contributed by atoms with Crippen molar-refractivity contribution < 1.29 is 9.53 Å². The highest BCUT2D eigenvalue weighted by molar-refractivity contribution is 9.09. The van der Waals surface area contributed by atoms with E-state index in [9.17, 15) is 4.79 Å². The van der Waals surface area contributed by atoms with E-state index < -0.39 is 0 Å². The number of hydrogen-bond acceptors (Lipinski definition) is 2. The largest absolute Gasteiger partial charge is 0.466 e. The number of halogens is 1. The number of esters is 1. The van der Waals surface area contributed by atoms with Crippen molar-refractivity contribution in [3.8, 4) is 0 Å². The first-order valence-electron chi connectivity index (χ1n) is 4.57. The second-order valence-electron chi connectivity index (χ2n) is 3.24. The topological polar surface area (TPSA) is 26.3 Å². The smallest absolute Gasteiger partial charge is 0.330 e. The van der Waals surface area contributed by atoms with Gasteiger partial charge in [-0.05, 0) is 26.7 Å². The lowest BCUT2D eigenvalue weighted by Gasteiger charge is -1.98. The van der Waals surface area contributed by atoms with Gasteiger partial charge in [0.15, 0.2) is 0 Å². The minimum atomic E-state index is -0.274. The standard InChI is InChI=1S/C11H17BrO2/c1-9(7-11(13)14-3)5-4-6-10(2)8-12/h6-7H,4-5,8H2,1-3H3/b9-7+,10-6+. The Labute approximate surface area is 94.2 Å². The van der Waals surface area contributed by atoms with Crippen molar-refractivity contribution in [3.05, 3.63) is 23.3 Å². The highest BCUT2D eigenvalue weighted by Gasteiger charge is 1.95.